The number of carbonyl (C=O) groups is 2. The molecule has 0 unspecified atom stereocenters. The molecule has 0 atom stereocenters. The topological polar surface area (TPSA) is 46.2 Å². The average molecular weight is 299 g/mol. The first-order chi connectivity index (χ1) is 10.1. The van der Waals surface area contributed by atoms with Crippen molar-refractivity contribution in [3.63, 3.8) is 0 Å². The van der Waals surface area contributed by atoms with Crippen molar-refractivity contribution in [1.29, 1.82) is 0 Å². The zero-order chi connectivity index (χ0) is 14.8. The van der Waals surface area contributed by atoms with E-state index in [1.54, 1.807) is 24.3 Å². The molecule has 0 fully saturated rings. The van der Waals surface area contributed by atoms with E-state index < -0.39 is 0 Å². The molecule has 108 valence electrons. The highest BCUT2D eigenvalue weighted by molar-refractivity contribution is 7.12. The average Bonchev–Trinajstić information content (AvgIpc) is 2.92. The fraction of sp³-hybridized carbons (Fsp3) is 0.294. The highest BCUT2D eigenvalue weighted by Crippen LogP contribution is 2.30. The summed E-state index contributed by atoms with van der Waals surface area (Å²) in [7, 11) is 0. The number of fused-ring (bicyclic) bond motifs is 1. The molecule has 3 nitrogen and oxygen atoms in total. The fourth-order valence-corrected chi connectivity index (χ4v) is 3.74. The number of hydrogen-bond donors (Lipinski definition) is 1. The van der Waals surface area contributed by atoms with E-state index in [9.17, 15) is 9.59 Å². The van der Waals surface area contributed by atoms with Crippen molar-refractivity contribution in [2.24, 2.45) is 0 Å². The minimum absolute atomic E-state index is 0.0280. The molecule has 1 heterocycles. The Morgan fingerprint density at radius 3 is 2.52 bits per heavy atom. The van der Waals surface area contributed by atoms with Crippen LogP contribution in [-0.4, -0.2) is 11.7 Å². The number of aryl methyl sites for hydroxylation is 1. The summed E-state index contributed by atoms with van der Waals surface area (Å²) in [5.41, 5.74) is 3.94. The molecule has 21 heavy (non-hydrogen) atoms. The molecule has 3 rings (SSSR count). The molecule has 2 aromatic rings. The molecular formula is C17H17NO2S. The quantitative estimate of drug-likeness (QED) is 0.868. The van der Waals surface area contributed by atoms with Crippen LogP contribution in [0.1, 0.15) is 50.9 Å². The van der Waals surface area contributed by atoms with E-state index in [-0.39, 0.29) is 11.7 Å². The highest BCUT2D eigenvalue weighted by Gasteiger charge is 2.20. The van der Waals surface area contributed by atoms with Crippen LogP contribution < -0.4 is 5.32 Å². The van der Waals surface area contributed by atoms with E-state index in [1.807, 2.05) is 0 Å². The number of carbonyl (C=O) groups excluding carboxylic acids is 2. The van der Waals surface area contributed by atoms with Crippen molar-refractivity contribution >= 4 is 28.7 Å². The summed E-state index contributed by atoms with van der Waals surface area (Å²) < 4.78 is 0. The molecule has 0 bridgehead atoms. The summed E-state index contributed by atoms with van der Waals surface area (Å²) in [6.07, 6.45) is 4.48. The maximum absolute atomic E-state index is 12.4. The Balaban J connectivity index is 1.77. The second kappa shape index (κ2) is 5.82. The monoisotopic (exact) mass is 299 g/mol. The molecule has 0 aliphatic heterocycles. The second-order valence-corrected chi connectivity index (χ2v) is 6.24. The Hall–Kier alpha value is -1.94. The number of amides is 1. The third kappa shape index (κ3) is 2.90. The lowest BCUT2D eigenvalue weighted by Crippen LogP contribution is -2.14. The fourth-order valence-electron chi connectivity index (χ4n) is 2.69. The van der Waals surface area contributed by atoms with Crippen LogP contribution in [0.15, 0.2) is 29.6 Å². The number of Topliss-reactive ketones (excluding diaryl/α,β-unsaturated/α-hetero) is 1. The minimum atomic E-state index is -0.0428. The molecule has 1 aromatic carbocycles. The van der Waals surface area contributed by atoms with Gasteiger partial charge in [0.25, 0.3) is 5.91 Å². The van der Waals surface area contributed by atoms with E-state index >= 15 is 0 Å². The van der Waals surface area contributed by atoms with E-state index in [1.165, 1.54) is 35.8 Å². The number of hydrogen-bond acceptors (Lipinski definition) is 3. The first-order valence-corrected chi connectivity index (χ1v) is 8.04. The molecule has 0 saturated carbocycles. The third-order valence-electron chi connectivity index (χ3n) is 3.86. The Kier molecular flexibility index (Phi) is 3.88. The third-order valence-corrected chi connectivity index (χ3v) is 4.93. The van der Waals surface area contributed by atoms with Crippen LogP contribution in [0.3, 0.4) is 0 Å². The molecule has 1 aliphatic carbocycles. The van der Waals surface area contributed by atoms with Gasteiger partial charge in [-0.1, -0.05) is 0 Å². The predicted molar refractivity (Wildman–Crippen MR) is 85.4 cm³/mol. The van der Waals surface area contributed by atoms with Crippen LogP contribution >= 0.6 is 11.3 Å². The zero-order valence-electron chi connectivity index (χ0n) is 11.9. The smallest absolute Gasteiger partial charge is 0.266 e. The van der Waals surface area contributed by atoms with Crippen molar-refractivity contribution in [2.75, 3.05) is 5.32 Å². The standard InChI is InChI=1S/C17H17NO2S/c1-11(19)12-6-8-14(9-7-12)18-17(20)16-15-5-3-2-4-13(15)10-21-16/h6-10H,2-5H2,1H3,(H,18,20). The van der Waals surface area contributed by atoms with Gasteiger partial charge in [0.2, 0.25) is 0 Å². The molecular weight excluding hydrogens is 282 g/mol. The molecule has 0 saturated heterocycles. The maximum Gasteiger partial charge on any atom is 0.266 e. The molecule has 1 aliphatic rings. The lowest BCUT2D eigenvalue weighted by atomic mass is 9.94. The van der Waals surface area contributed by atoms with Gasteiger partial charge < -0.3 is 5.32 Å². The number of ketones is 1. The Morgan fingerprint density at radius 1 is 1.10 bits per heavy atom. The van der Waals surface area contributed by atoms with Gasteiger partial charge in [0.15, 0.2) is 5.78 Å². The molecule has 1 amide bonds. The number of benzene rings is 1. The van der Waals surface area contributed by atoms with E-state index in [2.05, 4.69) is 10.7 Å². The minimum Gasteiger partial charge on any atom is -0.321 e. The molecule has 1 aromatic heterocycles. The van der Waals surface area contributed by atoms with Crippen LogP contribution in [0.25, 0.3) is 0 Å². The van der Waals surface area contributed by atoms with Crippen molar-refractivity contribution < 1.29 is 9.59 Å². The maximum atomic E-state index is 12.4. The van der Waals surface area contributed by atoms with Gasteiger partial charge in [-0.25, -0.2) is 0 Å². The number of thiophene rings is 1. The van der Waals surface area contributed by atoms with Crippen LogP contribution in [-0.2, 0) is 12.8 Å². The normalized spacial score (nSPS) is 13.6. The van der Waals surface area contributed by atoms with Crippen molar-refractivity contribution in [2.45, 2.75) is 32.6 Å². The first kappa shape index (κ1) is 14.0. The van der Waals surface area contributed by atoms with Gasteiger partial charge in [0.05, 0.1) is 4.88 Å². The second-order valence-electron chi connectivity index (χ2n) is 5.36. The largest absolute Gasteiger partial charge is 0.321 e. The molecule has 1 N–H and O–H groups in total. The lowest BCUT2D eigenvalue weighted by Gasteiger charge is -2.12. The molecule has 4 heteroatoms. The van der Waals surface area contributed by atoms with Gasteiger partial charge in [-0.3, -0.25) is 9.59 Å². The van der Waals surface area contributed by atoms with Gasteiger partial charge in [-0.15, -0.1) is 11.3 Å². The number of anilines is 1. The lowest BCUT2D eigenvalue weighted by molar-refractivity contribution is 0.101. The van der Waals surface area contributed by atoms with Gasteiger partial charge in [-0.2, -0.15) is 0 Å². The van der Waals surface area contributed by atoms with Gasteiger partial charge in [0.1, 0.15) is 0 Å². The van der Waals surface area contributed by atoms with Crippen LogP contribution in [0, 0.1) is 0 Å². The van der Waals surface area contributed by atoms with Crippen LogP contribution in [0.5, 0.6) is 0 Å². The summed E-state index contributed by atoms with van der Waals surface area (Å²) in [5.74, 6) is -0.0149. The van der Waals surface area contributed by atoms with Crippen molar-refractivity contribution in [1.82, 2.24) is 0 Å². The SMILES string of the molecule is CC(=O)c1ccc(NC(=O)c2scc3c2CCCC3)cc1. The Labute approximate surface area is 128 Å². The Bertz CT molecular complexity index is 685. The predicted octanol–water partition coefficient (Wildman–Crippen LogP) is 4.08. The first-order valence-electron chi connectivity index (χ1n) is 7.17. The summed E-state index contributed by atoms with van der Waals surface area (Å²) in [6.45, 7) is 1.53. The van der Waals surface area contributed by atoms with Crippen LogP contribution in [0.2, 0.25) is 0 Å². The van der Waals surface area contributed by atoms with Gasteiger partial charge in [-0.05, 0) is 73.4 Å². The van der Waals surface area contributed by atoms with Crippen LogP contribution in [0.4, 0.5) is 5.69 Å². The van der Waals surface area contributed by atoms with E-state index in [0.717, 1.165) is 29.8 Å². The van der Waals surface area contributed by atoms with Gasteiger partial charge >= 0.3 is 0 Å². The zero-order valence-corrected chi connectivity index (χ0v) is 12.8. The Morgan fingerprint density at radius 2 is 1.81 bits per heavy atom. The summed E-state index contributed by atoms with van der Waals surface area (Å²) in [4.78, 5) is 24.5. The van der Waals surface area contributed by atoms with Crippen molar-refractivity contribution in [3.05, 3.63) is 51.2 Å². The number of nitrogens with one attached hydrogen (secondary N) is 1. The van der Waals surface area contributed by atoms with Crippen molar-refractivity contribution in [3.8, 4) is 0 Å². The summed E-state index contributed by atoms with van der Waals surface area (Å²) in [5, 5.41) is 5.03. The van der Waals surface area contributed by atoms with E-state index in [0.29, 0.717) is 5.56 Å². The summed E-state index contributed by atoms with van der Waals surface area (Å²) >= 11 is 1.53. The highest BCUT2D eigenvalue weighted by atomic mass is 32.1. The summed E-state index contributed by atoms with van der Waals surface area (Å²) in [6, 6.07) is 7.02. The molecule has 0 radical (unpaired) electrons. The number of rotatable bonds is 3. The van der Waals surface area contributed by atoms with Gasteiger partial charge in [0, 0.05) is 11.3 Å². The molecule has 0 spiro atoms. The van der Waals surface area contributed by atoms with E-state index in [4.69, 9.17) is 0 Å².